The van der Waals surface area contributed by atoms with Gasteiger partial charge in [-0.2, -0.15) is 0 Å². The second-order valence-electron chi connectivity index (χ2n) is 16.2. The van der Waals surface area contributed by atoms with Crippen LogP contribution >= 0.6 is 0 Å². The Kier molecular flexibility index (Phi) is 38.9. The van der Waals surface area contributed by atoms with Gasteiger partial charge in [0.2, 0.25) is 0 Å². The molecule has 9 heteroatoms. The van der Waals surface area contributed by atoms with Crippen LogP contribution in [-0.2, 0) is 23.7 Å². The SMILES string of the molecule is CC/C=C\C/C=C\C/C=C\C/C=C\C/C=C\CCCCOCC(COC1OC(CO)C(O)C(O)C1O)OC(=O)CCCCCCCCCCC/C=C\CCCCCCCC. The molecule has 1 rings (SSSR count). The third-order valence-electron chi connectivity index (χ3n) is 10.6. The Hall–Kier alpha value is -2.37. The van der Waals surface area contributed by atoms with Gasteiger partial charge in [-0.25, -0.2) is 0 Å². The molecule has 1 fully saturated rings. The van der Waals surface area contributed by atoms with Crippen molar-refractivity contribution in [1.29, 1.82) is 0 Å². The first-order valence-electron chi connectivity index (χ1n) is 24.0. The van der Waals surface area contributed by atoms with Crippen LogP contribution in [0.15, 0.2) is 72.9 Å². The first-order chi connectivity index (χ1) is 29.4. The predicted molar refractivity (Wildman–Crippen MR) is 247 cm³/mol. The molecule has 1 heterocycles. The summed E-state index contributed by atoms with van der Waals surface area (Å²) in [5, 5.41) is 40.2. The van der Waals surface area contributed by atoms with Crippen LogP contribution in [0.5, 0.6) is 0 Å². The Labute approximate surface area is 366 Å². The molecular weight excluding hydrogens is 757 g/mol. The molecule has 0 saturated carbocycles. The van der Waals surface area contributed by atoms with E-state index in [1.165, 1.54) is 89.9 Å². The Bertz CT molecular complexity index is 1140. The highest BCUT2D eigenvalue weighted by molar-refractivity contribution is 5.69. The van der Waals surface area contributed by atoms with Crippen molar-refractivity contribution in [1.82, 2.24) is 0 Å². The van der Waals surface area contributed by atoms with E-state index in [-0.39, 0.29) is 19.2 Å². The maximum Gasteiger partial charge on any atom is 0.306 e. The quantitative estimate of drug-likeness (QED) is 0.0270. The maximum atomic E-state index is 12.8. The molecule has 0 spiro atoms. The Morgan fingerprint density at radius 2 is 1.02 bits per heavy atom. The Morgan fingerprint density at radius 1 is 0.550 bits per heavy atom. The lowest BCUT2D eigenvalue weighted by molar-refractivity contribution is -0.305. The summed E-state index contributed by atoms with van der Waals surface area (Å²) in [6, 6.07) is 0. The zero-order valence-electron chi connectivity index (χ0n) is 37.9. The largest absolute Gasteiger partial charge is 0.457 e. The normalized spacial score (nSPS) is 20.7. The molecule has 9 nitrogen and oxygen atoms in total. The molecule has 1 aliphatic rings. The van der Waals surface area contributed by atoms with E-state index in [4.69, 9.17) is 18.9 Å². The number of aliphatic hydroxyl groups is 4. The zero-order valence-corrected chi connectivity index (χ0v) is 37.9. The van der Waals surface area contributed by atoms with Crippen molar-refractivity contribution < 1.29 is 44.2 Å². The summed E-state index contributed by atoms with van der Waals surface area (Å²) in [6.07, 6.45) is 47.9. The van der Waals surface area contributed by atoms with Crippen LogP contribution in [0, 0.1) is 0 Å². The average Bonchev–Trinajstić information content (AvgIpc) is 3.25. The molecule has 0 bridgehead atoms. The molecule has 0 amide bonds. The number of esters is 1. The summed E-state index contributed by atoms with van der Waals surface area (Å²) in [6.45, 7) is 4.33. The molecule has 0 aromatic heterocycles. The molecule has 6 unspecified atom stereocenters. The van der Waals surface area contributed by atoms with Crippen LogP contribution in [0.3, 0.4) is 0 Å². The average molecular weight is 845 g/mol. The van der Waals surface area contributed by atoms with E-state index < -0.39 is 43.4 Å². The topological polar surface area (TPSA) is 135 Å². The number of aliphatic hydroxyl groups excluding tert-OH is 4. The highest BCUT2D eigenvalue weighted by Crippen LogP contribution is 2.22. The maximum absolute atomic E-state index is 12.8. The third kappa shape index (κ3) is 32.4. The van der Waals surface area contributed by atoms with Gasteiger partial charge >= 0.3 is 5.97 Å². The van der Waals surface area contributed by atoms with Gasteiger partial charge in [0.05, 0.1) is 19.8 Å². The molecule has 0 aromatic rings. The fraction of sp³-hybridized carbons (Fsp3) is 0.745. The smallest absolute Gasteiger partial charge is 0.306 e. The van der Waals surface area contributed by atoms with Crippen molar-refractivity contribution in [3.8, 4) is 0 Å². The molecule has 346 valence electrons. The van der Waals surface area contributed by atoms with Crippen molar-refractivity contribution in [3.63, 3.8) is 0 Å². The van der Waals surface area contributed by atoms with Gasteiger partial charge < -0.3 is 39.4 Å². The lowest BCUT2D eigenvalue weighted by atomic mass is 9.99. The number of ether oxygens (including phenoxy) is 4. The van der Waals surface area contributed by atoms with E-state index in [1.54, 1.807) is 0 Å². The van der Waals surface area contributed by atoms with Gasteiger partial charge in [-0.05, 0) is 83.5 Å². The fourth-order valence-electron chi connectivity index (χ4n) is 6.87. The van der Waals surface area contributed by atoms with Gasteiger partial charge in [0.1, 0.15) is 30.5 Å². The van der Waals surface area contributed by atoms with E-state index in [0.29, 0.717) is 13.0 Å². The number of hydrogen-bond donors (Lipinski definition) is 4. The number of allylic oxidation sites excluding steroid dienone is 12. The van der Waals surface area contributed by atoms with Gasteiger partial charge in [-0.1, -0.05) is 164 Å². The molecule has 0 aliphatic carbocycles. The molecule has 0 radical (unpaired) electrons. The summed E-state index contributed by atoms with van der Waals surface area (Å²) in [5.74, 6) is -0.333. The van der Waals surface area contributed by atoms with Crippen molar-refractivity contribution in [3.05, 3.63) is 72.9 Å². The molecule has 4 N–H and O–H groups in total. The van der Waals surface area contributed by atoms with Gasteiger partial charge in [-0.15, -0.1) is 0 Å². The molecular formula is C51H88O9. The van der Waals surface area contributed by atoms with Crippen molar-refractivity contribution in [2.75, 3.05) is 26.4 Å². The van der Waals surface area contributed by atoms with E-state index >= 15 is 0 Å². The fourth-order valence-corrected chi connectivity index (χ4v) is 6.87. The van der Waals surface area contributed by atoms with Gasteiger partial charge in [0.25, 0.3) is 0 Å². The first kappa shape index (κ1) is 55.6. The van der Waals surface area contributed by atoms with Gasteiger partial charge in [0.15, 0.2) is 6.29 Å². The minimum absolute atomic E-state index is 0.111. The summed E-state index contributed by atoms with van der Waals surface area (Å²) >= 11 is 0. The molecule has 60 heavy (non-hydrogen) atoms. The van der Waals surface area contributed by atoms with Crippen molar-refractivity contribution in [2.24, 2.45) is 0 Å². The van der Waals surface area contributed by atoms with Crippen molar-refractivity contribution in [2.45, 2.75) is 218 Å². The third-order valence-corrected chi connectivity index (χ3v) is 10.6. The minimum atomic E-state index is -1.55. The first-order valence-corrected chi connectivity index (χ1v) is 24.0. The van der Waals surface area contributed by atoms with Crippen LogP contribution in [0.25, 0.3) is 0 Å². The molecule has 6 atom stereocenters. The van der Waals surface area contributed by atoms with Crippen LogP contribution in [-0.4, -0.2) is 89.6 Å². The monoisotopic (exact) mass is 845 g/mol. The summed E-state index contributed by atoms with van der Waals surface area (Å²) in [7, 11) is 0. The predicted octanol–water partition coefficient (Wildman–Crippen LogP) is 11.3. The molecule has 0 aromatic carbocycles. The van der Waals surface area contributed by atoms with E-state index in [9.17, 15) is 25.2 Å². The number of hydrogen-bond acceptors (Lipinski definition) is 9. The van der Waals surface area contributed by atoms with Gasteiger partial charge in [0, 0.05) is 13.0 Å². The number of carbonyl (C=O) groups excluding carboxylic acids is 1. The summed E-state index contributed by atoms with van der Waals surface area (Å²) in [5.41, 5.74) is 0. The number of carbonyl (C=O) groups is 1. The standard InChI is InChI=1S/C51H88O9/c1-3-5-7-9-11-13-15-17-19-21-23-24-26-28-30-32-34-36-38-40-47(53)59-45(44-58-51-50(56)49(55)48(54)46(42-52)60-51)43-57-41-39-37-35-33-31-29-27-25-22-20-18-16-14-12-10-8-6-4-2/h6,8,12,14,17-20,25,27,31,33,45-46,48-52,54-56H,3-5,7,9-11,13,15-16,21-24,26,28-30,32,34-44H2,1-2H3/b8-6-,14-12-,19-17-,20-18-,27-25-,33-31-. The summed E-state index contributed by atoms with van der Waals surface area (Å²) < 4.78 is 22.8. The van der Waals surface area contributed by atoms with Crippen molar-refractivity contribution >= 4 is 5.97 Å². The number of unbranched alkanes of at least 4 members (excludes halogenated alkanes) is 17. The highest BCUT2D eigenvalue weighted by atomic mass is 16.7. The highest BCUT2D eigenvalue weighted by Gasteiger charge is 2.44. The zero-order chi connectivity index (χ0) is 43.6. The van der Waals surface area contributed by atoms with Crippen LogP contribution in [0.2, 0.25) is 0 Å². The minimum Gasteiger partial charge on any atom is -0.457 e. The molecule has 1 saturated heterocycles. The van der Waals surface area contributed by atoms with E-state index in [2.05, 4.69) is 86.8 Å². The Balaban J connectivity index is 2.28. The van der Waals surface area contributed by atoms with E-state index in [1.807, 2.05) is 0 Å². The van der Waals surface area contributed by atoms with Gasteiger partial charge in [-0.3, -0.25) is 4.79 Å². The Morgan fingerprint density at radius 3 is 1.55 bits per heavy atom. The lowest BCUT2D eigenvalue weighted by Gasteiger charge is -2.39. The van der Waals surface area contributed by atoms with Crippen LogP contribution < -0.4 is 0 Å². The second kappa shape index (κ2) is 42.0. The number of rotatable bonds is 40. The lowest BCUT2D eigenvalue weighted by Crippen LogP contribution is -2.59. The van der Waals surface area contributed by atoms with Crippen LogP contribution in [0.1, 0.15) is 181 Å². The molecule has 1 aliphatic heterocycles. The summed E-state index contributed by atoms with van der Waals surface area (Å²) in [4.78, 5) is 12.8. The second-order valence-corrected chi connectivity index (χ2v) is 16.2. The van der Waals surface area contributed by atoms with E-state index in [0.717, 1.165) is 70.6 Å². The van der Waals surface area contributed by atoms with Crippen LogP contribution in [0.4, 0.5) is 0 Å².